The third-order valence-corrected chi connectivity index (χ3v) is 7.95. The first kappa shape index (κ1) is 28.8. The molecule has 0 aliphatic carbocycles. The zero-order valence-electron chi connectivity index (χ0n) is 22.3. The minimum absolute atomic E-state index is 0.150. The van der Waals surface area contributed by atoms with Crippen LogP contribution in [0.2, 0.25) is 10.0 Å². The van der Waals surface area contributed by atoms with Crippen molar-refractivity contribution >= 4 is 46.7 Å². The lowest BCUT2D eigenvalue weighted by Crippen LogP contribution is -2.48. The van der Waals surface area contributed by atoms with Crippen molar-refractivity contribution in [3.05, 3.63) is 75.9 Å². The van der Waals surface area contributed by atoms with Gasteiger partial charge >= 0.3 is 5.97 Å². The molecule has 5 rings (SSSR count). The summed E-state index contributed by atoms with van der Waals surface area (Å²) in [5.74, 6) is -1.27. The Morgan fingerprint density at radius 3 is 2.49 bits per heavy atom. The van der Waals surface area contributed by atoms with Crippen molar-refractivity contribution in [2.45, 2.75) is 6.04 Å². The van der Waals surface area contributed by atoms with Gasteiger partial charge in [-0.1, -0.05) is 47.5 Å². The molecule has 0 radical (unpaired) electrons. The number of ether oxygens (including phenoxy) is 2. The van der Waals surface area contributed by atoms with Gasteiger partial charge in [0, 0.05) is 44.5 Å². The normalized spacial score (nSPS) is 16.1. The summed E-state index contributed by atoms with van der Waals surface area (Å²) < 4.78 is 11.0. The Morgan fingerprint density at radius 1 is 1.07 bits per heavy atom. The topological polar surface area (TPSA) is 113 Å². The van der Waals surface area contributed by atoms with Gasteiger partial charge in [-0.05, 0) is 23.8 Å². The van der Waals surface area contributed by atoms with Gasteiger partial charge in [-0.15, -0.1) is 0 Å². The summed E-state index contributed by atoms with van der Waals surface area (Å²) in [5, 5.41) is 9.88. The highest BCUT2D eigenvalue weighted by atomic mass is 35.5. The summed E-state index contributed by atoms with van der Waals surface area (Å²) in [5.41, 5.74) is 2.71. The van der Waals surface area contributed by atoms with Crippen molar-refractivity contribution in [3.8, 4) is 17.0 Å². The molecule has 12 heteroatoms. The van der Waals surface area contributed by atoms with E-state index in [4.69, 9.17) is 32.7 Å². The van der Waals surface area contributed by atoms with Crippen LogP contribution < -0.4 is 9.64 Å². The van der Waals surface area contributed by atoms with Crippen LogP contribution in [-0.4, -0.2) is 90.7 Å². The highest BCUT2D eigenvalue weighted by Crippen LogP contribution is 2.39. The number of carboxylic acids is 1. The van der Waals surface area contributed by atoms with E-state index in [9.17, 15) is 19.5 Å². The van der Waals surface area contributed by atoms with E-state index in [1.54, 1.807) is 11.9 Å². The smallest absolute Gasteiger partial charge is 0.335 e. The lowest BCUT2D eigenvalue weighted by Gasteiger charge is -2.37. The van der Waals surface area contributed by atoms with Crippen molar-refractivity contribution < 1.29 is 29.0 Å². The number of morpholine rings is 1. The first-order valence-corrected chi connectivity index (χ1v) is 13.7. The molecule has 41 heavy (non-hydrogen) atoms. The molecule has 1 atom stereocenters. The minimum atomic E-state index is -1.03. The number of carbonyl (C=O) groups excluding carboxylic acids is 2. The van der Waals surface area contributed by atoms with Crippen molar-refractivity contribution in [1.82, 2.24) is 14.8 Å². The molecule has 1 fully saturated rings. The highest BCUT2D eigenvalue weighted by molar-refractivity contribution is 6.42. The Kier molecular flexibility index (Phi) is 8.74. The molecule has 3 heterocycles. The number of nitrogens with zero attached hydrogens (tertiary/aromatic N) is 4. The Bertz CT molecular complexity index is 1460. The van der Waals surface area contributed by atoms with Crippen LogP contribution in [0.25, 0.3) is 11.3 Å². The fourth-order valence-corrected chi connectivity index (χ4v) is 5.18. The molecule has 1 saturated heterocycles. The maximum absolute atomic E-state index is 13.7. The van der Waals surface area contributed by atoms with E-state index in [2.05, 4.69) is 9.88 Å². The summed E-state index contributed by atoms with van der Waals surface area (Å²) in [7, 11) is 1.72. The molecular formula is C29H28Cl2N4O6. The average Bonchev–Trinajstić information content (AvgIpc) is 2.98. The predicted molar refractivity (Wildman–Crippen MR) is 154 cm³/mol. The van der Waals surface area contributed by atoms with E-state index in [-0.39, 0.29) is 41.6 Å². The number of aromatic nitrogens is 1. The van der Waals surface area contributed by atoms with E-state index < -0.39 is 5.97 Å². The minimum Gasteiger partial charge on any atom is -0.482 e. The maximum atomic E-state index is 13.7. The number of anilines is 1. The van der Waals surface area contributed by atoms with Gasteiger partial charge in [-0.2, -0.15) is 0 Å². The summed E-state index contributed by atoms with van der Waals surface area (Å²) in [4.78, 5) is 47.4. The fraction of sp³-hybridized carbons (Fsp3) is 0.310. The second-order valence-corrected chi connectivity index (χ2v) is 10.6. The Morgan fingerprint density at radius 2 is 1.78 bits per heavy atom. The number of hydrogen-bond acceptors (Lipinski definition) is 7. The molecule has 1 aromatic heterocycles. The molecular weight excluding hydrogens is 571 g/mol. The van der Waals surface area contributed by atoms with E-state index in [1.165, 1.54) is 35.4 Å². The molecule has 0 bridgehead atoms. The zero-order chi connectivity index (χ0) is 29.1. The largest absolute Gasteiger partial charge is 0.482 e. The van der Waals surface area contributed by atoms with Crippen LogP contribution in [-0.2, 0) is 14.3 Å². The maximum Gasteiger partial charge on any atom is 0.335 e. The molecule has 3 aromatic rings. The Balaban J connectivity index is 1.40. The highest BCUT2D eigenvalue weighted by Gasteiger charge is 2.32. The van der Waals surface area contributed by atoms with Crippen molar-refractivity contribution in [2.24, 2.45) is 0 Å². The van der Waals surface area contributed by atoms with Gasteiger partial charge in [0.15, 0.2) is 6.61 Å². The van der Waals surface area contributed by atoms with Crippen LogP contribution >= 0.6 is 23.2 Å². The van der Waals surface area contributed by atoms with Gasteiger partial charge in [0.25, 0.3) is 5.91 Å². The monoisotopic (exact) mass is 598 g/mol. The number of halogens is 2. The average molecular weight is 599 g/mol. The number of likely N-dealkylation sites (N-methyl/N-ethyl adjacent to an activating group) is 1. The van der Waals surface area contributed by atoms with Gasteiger partial charge in [-0.3, -0.25) is 24.4 Å². The second kappa shape index (κ2) is 12.4. The standard InChI is InChI=1S/C29H28Cl2N4O6/c1-33(27(36)16-35-24-13-21(30)22(31)14-26(24)41-17-28(35)37)25(15-34-8-10-40-11-9-34)19-4-2-18(3-5-19)23-12-20(29(38)39)6-7-32-23/h2-7,12-14,25H,8-11,15-17H2,1H3,(H,38,39). The second-order valence-electron chi connectivity index (χ2n) is 9.79. The predicted octanol–water partition coefficient (Wildman–Crippen LogP) is 4.01. The summed E-state index contributed by atoms with van der Waals surface area (Å²) in [6.45, 7) is 2.83. The molecule has 0 spiro atoms. The molecule has 2 amide bonds. The number of hydrogen-bond donors (Lipinski definition) is 1. The van der Waals surface area contributed by atoms with Crippen molar-refractivity contribution in [2.75, 3.05) is 57.9 Å². The molecule has 2 aliphatic rings. The number of rotatable bonds is 8. The lowest BCUT2D eigenvalue weighted by molar-refractivity contribution is -0.133. The molecule has 1 N–H and O–H groups in total. The van der Waals surface area contributed by atoms with Crippen LogP contribution in [0.15, 0.2) is 54.7 Å². The summed E-state index contributed by atoms with van der Waals surface area (Å²) in [6, 6.07) is 13.2. The molecule has 2 aromatic carbocycles. The Labute approximate surface area is 247 Å². The summed E-state index contributed by atoms with van der Waals surface area (Å²) in [6.07, 6.45) is 1.46. The number of amides is 2. The number of pyridine rings is 1. The number of carbonyl (C=O) groups is 3. The first-order valence-electron chi connectivity index (χ1n) is 13.0. The van der Waals surface area contributed by atoms with E-state index in [1.807, 2.05) is 24.3 Å². The van der Waals surface area contributed by atoms with Crippen LogP contribution in [0, 0.1) is 0 Å². The van der Waals surface area contributed by atoms with Crippen LogP contribution in [0.1, 0.15) is 22.0 Å². The third-order valence-electron chi connectivity index (χ3n) is 7.23. The van der Waals surface area contributed by atoms with Crippen molar-refractivity contribution in [1.29, 1.82) is 0 Å². The number of benzene rings is 2. The van der Waals surface area contributed by atoms with Gasteiger partial charge in [-0.25, -0.2) is 4.79 Å². The van der Waals surface area contributed by atoms with E-state index in [0.29, 0.717) is 41.9 Å². The quantitative estimate of drug-likeness (QED) is 0.414. The van der Waals surface area contributed by atoms with E-state index >= 15 is 0 Å². The third kappa shape index (κ3) is 6.46. The van der Waals surface area contributed by atoms with Gasteiger partial charge in [0.1, 0.15) is 12.3 Å². The molecule has 1 unspecified atom stereocenters. The first-order chi connectivity index (χ1) is 19.7. The number of aromatic carboxylic acids is 1. The van der Waals surface area contributed by atoms with Crippen LogP contribution in [0.5, 0.6) is 5.75 Å². The SMILES string of the molecule is CN(C(=O)CN1C(=O)COc2cc(Cl)c(Cl)cc21)C(CN1CCOCC1)c1ccc(-c2cc(C(=O)O)ccn2)cc1. The zero-order valence-corrected chi connectivity index (χ0v) is 23.8. The number of fused-ring (bicyclic) bond motifs is 1. The molecule has 214 valence electrons. The van der Waals surface area contributed by atoms with Crippen LogP contribution in [0.3, 0.4) is 0 Å². The van der Waals surface area contributed by atoms with Crippen molar-refractivity contribution in [3.63, 3.8) is 0 Å². The van der Waals surface area contributed by atoms with Gasteiger partial charge in [0.2, 0.25) is 5.91 Å². The van der Waals surface area contributed by atoms with Gasteiger partial charge < -0.3 is 19.5 Å². The van der Waals surface area contributed by atoms with Crippen LogP contribution in [0.4, 0.5) is 5.69 Å². The van der Waals surface area contributed by atoms with Gasteiger partial charge in [0.05, 0.1) is 46.2 Å². The molecule has 2 aliphatic heterocycles. The molecule has 0 saturated carbocycles. The lowest BCUT2D eigenvalue weighted by atomic mass is 10.0. The molecule has 10 nitrogen and oxygen atoms in total. The summed E-state index contributed by atoms with van der Waals surface area (Å²) >= 11 is 12.3. The number of carboxylic acid groups (broad SMARTS) is 1. The Hall–Kier alpha value is -3.70. The van der Waals surface area contributed by atoms with E-state index in [0.717, 1.165) is 24.2 Å². The fourth-order valence-electron chi connectivity index (χ4n) is 4.87.